The number of ether oxygens (including phenoxy) is 1. The minimum atomic E-state index is -0.403. The van der Waals surface area contributed by atoms with E-state index < -0.39 is 5.82 Å². The Bertz CT molecular complexity index is 602. The lowest BCUT2D eigenvalue weighted by Crippen LogP contribution is -2.15. The normalized spacial score (nSPS) is 10.9. The first-order valence-corrected chi connectivity index (χ1v) is 7.10. The zero-order valence-corrected chi connectivity index (χ0v) is 12.6. The van der Waals surface area contributed by atoms with Gasteiger partial charge in [0.05, 0.1) is 6.20 Å². The van der Waals surface area contributed by atoms with Gasteiger partial charge in [-0.2, -0.15) is 0 Å². The number of halogens is 1. The lowest BCUT2D eigenvalue weighted by Gasteiger charge is -2.13. The van der Waals surface area contributed by atoms with E-state index in [-0.39, 0.29) is 11.7 Å². The second-order valence-corrected chi connectivity index (χ2v) is 5.01. The Morgan fingerprint density at radius 3 is 2.67 bits per heavy atom. The quantitative estimate of drug-likeness (QED) is 0.882. The van der Waals surface area contributed by atoms with Gasteiger partial charge in [0.2, 0.25) is 0 Å². The number of para-hydroxylation sites is 1. The highest BCUT2D eigenvalue weighted by Gasteiger charge is 2.13. The fraction of sp³-hybridized carbons (Fsp3) is 0.375. The average Bonchev–Trinajstić information content (AvgIpc) is 2.48. The van der Waals surface area contributed by atoms with Gasteiger partial charge in [0.1, 0.15) is 11.5 Å². The Balaban J connectivity index is 2.31. The van der Waals surface area contributed by atoms with Gasteiger partial charge in [0.15, 0.2) is 17.3 Å². The third-order valence-electron chi connectivity index (χ3n) is 2.96. The number of rotatable bonds is 6. The smallest absolute Gasteiger partial charge is 0.168 e. The largest absolute Gasteiger partial charge is 0.451 e. The first-order chi connectivity index (χ1) is 10.1. The summed E-state index contributed by atoms with van der Waals surface area (Å²) in [6.45, 7) is 7.46. The fourth-order valence-corrected chi connectivity index (χ4v) is 1.80. The van der Waals surface area contributed by atoms with Crippen molar-refractivity contribution < 1.29 is 9.13 Å². The summed E-state index contributed by atoms with van der Waals surface area (Å²) in [6, 6.07) is 6.30. The molecule has 1 N–H and O–H groups in total. The molecule has 0 amide bonds. The topological polar surface area (TPSA) is 47.0 Å². The predicted molar refractivity (Wildman–Crippen MR) is 80.0 cm³/mol. The Morgan fingerprint density at radius 1 is 1.24 bits per heavy atom. The lowest BCUT2D eigenvalue weighted by molar-refractivity contribution is 0.429. The number of aromatic nitrogens is 2. The van der Waals surface area contributed by atoms with Crippen LogP contribution in [0.25, 0.3) is 0 Å². The van der Waals surface area contributed by atoms with Gasteiger partial charge in [-0.3, -0.25) is 0 Å². The van der Waals surface area contributed by atoms with Gasteiger partial charge >= 0.3 is 0 Å². The van der Waals surface area contributed by atoms with E-state index in [0.29, 0.717) is 12.3 Å². The monoisotopic (exact) mass is 289 g/mol. The number of benzene rings is 1. The van der Waals surface area contributed by atoms with E-state index in [1.165, 1.54) is 6.07 Å². The summed E-state index contributed by atoms with van der Waals surface area (Å²) in [4.78, 5) is 8.80. The maximum atomic E-state index is 13.7. The summed E-state index contributed by atoms with van der Waals surface area (Å²) in [6.07, 6.45) is 1.61. The Kier molecular flexibility index (Phi) is 5.22. The first kappa shape index (κ1) is 15.4. The van der Waals surface area contributed by atoms with Crippen molar-refractivity contribution in [1.29, 1.82) is 0 Å². The Labute approximate surface area is 124 Å². The third-order valence-corrected chi connectivity index (χ3v) is 2.96. The van der Waals surface area contributed by atoms with Gasteiger partial charge in [0, 0.05) is 12.5 Å². The minimum absolute atomic E-state index is 0.177. The van der Waals surface area contributed by atoms with Gasteiger partial charge < -0.3 is 10.1 Å². The van der Waals surface area contributed by atoms with Crippen molar-refractivity contribution in [2.45, 2.75) is 33.2 Å². The van der Waals surface area contributed by atoms with Crippen molar-refractivity contribution in [1.82, 2.24) is 15.3 Å². The second-order valence-electron chi connectivity index (χ2n) is 5.01. The Hall–Kier alpha value is -2.01. The number of hydrogen-bond donors (Lipinski definition) is 1. The molecule has 112 valence electrons. The SMILES string of the molecule is CCNCc1nc(C(C)C)ncc1Oc1ccccc1F. The van der Waals surface area contributed by atoms with E-state index in [2.05, 4.69) is 15.3 Å². The van der Waals surface area contributed by atoms with Crippen LogP contribution in [0.15, 0.2) is 30.5 Å². The van der Waals surface area contributed by atoms with E-state index in [0.717, 1.165) is 18.1 Å². The molecule has 0 spiro atoms. The van der Waals surface area contributed by atoms with Crippen LogP contribution in [0.4, 0.5) is 4.39 Å². The minimum Gasteiger partial charge on any atom is -0.451 e. The van der Waals surface area contributed by atoms with Crippen LogP contribution in [-0.2, 0) is 6.54 Å². The molecule has 0 saturated carbocycles. The van der Waals surface area contributed by atoms with Crippen LogP contribution in [0.1, 0.15) is 38.2 Å². The highest BCUT2D eigenvalue weighted by Crippen LogP contribution is 2.26. The molecular formula is C16H20FN3O. The molecule has 0 fully saturated rings. The molecule has 0 saturated heterocycles. The van der Waals surface area contributed by atoms with Gasteiger partial charge in [0.25, 0.3) is 0 Å². The molecule has 21 heavy (non-hydrogen) atoms. The van der Waals surface area contributed by atoms with E-state index in [9.17, 15) is 4.39 Å². The molecule has 0 aliphatic carbocycles. The molecule has 0 atom stereocenters. The van der Waals surface area contributed by atoms with Gasteiger partial charge in [-0.15, -0.1) is 0 Å². The van der Waals surface area contributed by atoms with Crippen LogP contribution in [0.2, 0.25) is 0 Å². The van der Waals surface area contributed by atoms with Crippen LogP contribution < -0.4 is 10.1 Å². The van der Waals surface area contributed by atoms with E-state index in [4.69, 9.17) is 4.74 Å². The summed E-state index contributed by atoms with van der Waals surface area (Å²) in [5.41, 5.74) is 0.735. The summed E-state index contributed by atoms with van der Waals surface area (Å²) in [5, 5.41) is 3.21. The number of hydrogen-bond acceptors (Lipinski definition) is 4. The molecule has 2 aromatic rings. The van der Waals surface area contributed by atoms with Gasteiger partial charge in [-0.05, 0) is 18.7 Å². The summed E-state index contributed by atoms with van der Waals surface area (Å²) in [7, 11) is 0. The highest BCUT2D eigenvalue weighted by atomic mass is 19.1. The van der Waals surface area contributed by atoms with Crippen molar-refractivity contribution in [2.75, 3.05) is 6.54 Å². The molecule has 5 heteroatoms. The molecule has 0 radical (unpaired) electrons. The molecule has 0 aliphatic rings. The van der Waals surface area contributed by atoms with Crippen molar-refractivity contribution in [3.63, 3.8) is 0 Å². The van der Waals surface area contributed by atoms with E-state index >= 15 is 0 Å². The van der Waals surface area contributed by atoms with Gasteiger partial charge in [-0.25, -0.2) is 14.4 Å². The third kappa shape index (κ3) is 3.98. The second kappa shape index (κ2) is 7.13. The molecule has 1 heterocycles. The molecule has 2 rings (SSSR count). The summed E-state index contributed by atoms with van der Waals surface area (Å²) in [5.74, 6) is 1.23. The molecule has 1 aromatic heterocycles. The maximum Gasteiger partial charge on any atom is 0.168 e. The van der Waals surface area contributed by atoms with E-state index in [1.54, 1.807) is 24.4 Å². The van der Waals surface area contributed by atoms with Crippen LogP contribution >= 0.6 is 0 Å². The molecule has 4 nitrogen and oxygen atoms in total. The average molecular weight is 289 g/mol. The maximum absolute atomic E-state index is 13.7. The highest BCUT2D eigenvalue weighted by molar-refractivity contribution is 5.33. The summed E-state index contributed by atoms with van der Waals surface area (Å²) < 4.78 is 19.3. The van der Waals surface area contributed by atoms with Crippen LogP contribution in [0.5, 0.6) is 11.5 Å². The Morgan fingerprint density at radius 2 is 2.00 bits per heavy atom. The van der Waals surface area contributed by atoms with Crippen LogP contribution in [0.3, 0.4) is 0 Å². The fourth-order valence-electron chi connectivity index (χ4n) is 1.80. The van der Waals surface area contributed by atoms with Crippen molar-refractivity contribution in [3.8, 4) is 11.5 Å². The van der Waals surface area contributed by atoms with Gasteiger partial charge in [-0.1, -0.05) is 32.9 Å². The van der Waals surface area contributed by atoms with Crippen LogP contribution in [0, 0.1) is 5.82 Å². The van der Waals surface area contributed by atoms with Crippen molar-refractivity contribution in [2.24, 2.45) is 0 Å². The molecule has 0 unspecified atom stereocenters. The number of nitrogens with zero attached hydrogens (tertiary/aromatic N) is 2. The summed E-state index contributed by atoms with van der Waals surface area (Å²) >= 11 is 0. The first-order valence-electron chi connectivity index (χ1n) is 7.10. The molecular weight excluding hydrogens is 269 g/mol. The molecule has 0 aliphatic heterocycles. The standard InChI is InChI=1S/C16H20FN3O/c1-4-18-9-13-15(10-19-16(20-13)11(2)3)21-14-8-6-5-7-12(14)17/h5-8,10-11,18H,4,9H2,1-3H3. The van der Waals surface area contributed by atoms with Crippen molar-refractivity contribution >= 4 is 0 Å². The predicted octanol–water partition coefficient (Wildman–Crippen LogP) is 3.64. The lowest BCUT2D eigenvalue weighted by atomic mass is 10.2. The van der Waals surface area contributed by atoms with Crippen molar-refractivity contribution in [3.05, 3.63) is 47.8 Å². The molecule has 1 aromatic carbocycles. The molecule has 0 bridgehead atoms. The zero-order valence-electron chi connectivity index (χ0n) is 12.6. The van der Waals surface area contributed by atoms with Crippen LogP contribution in [-0.4, -0.2) is 16.5 Å². The number of nitrogens with one attached hydrogen (secondary N) is 1. The van der Waals surface area contributed by atoms with E-state index in [1.807, 2.05) is 20.8 Å². The zero-order chi connectivity index (χ0) is 15.2.